The van der Waals surface area contributed by atoms with Crippen LogP contribution in [0.4, 0.5) is 0 Å². The van der Waals surface area contributed by atoms with Crippen molar-refractivity contribution < 1.29 is 9.59 Å². The molecule has 2 amide bonds. The Balaban J connectivity index is 2.35. The number of nitrogens with zero attached hydrogens (tertiary/aromatic N) is 2. The number of likely N-dealkylation sites (N-methyl/N-ethyl adjacent to an activating group) is 1. The molecule has 0 aromatic heterocycles. The van der Waals surface area contributed by atoms with E-state index in [1.807, 2.05) is 44.2 Å². The van der Waals surface area contributed by atoms with Crippen LogP contribution < -0.4 is 0 Å². The van der Waals surface area contributed by atoms with Crippen LogP contribution in [0.2, 0.25) is 0 Å². The van der Waals surface area contributed by atoms with Crippen LogP contribution in [-0.4, -0.2) is 35.2 Å². The molecule has 0 spiro atoms. The molecule has 2 rings (SSSR count). The van der Waals surface area contributed by atoms with Crippen molar-refractivity contribution in [1.29, 1.82) is 0 Å². The predicted molar refractivity (Wildman–Crippen MR) is 68.5 cm³/mol. The minimum absolute atomic E-state index is 0.0153. The van der Waals surface area contributed by atoms with Crippen LogP contribution in [0.15, 0.2) is 30.3 Å². The third kappa shape index (κ3) is 2.10. The van der Waals surface area contributed by atoms with E-state index in [0.717, 1.165) is 5.56 Å². The van der Waals surface area contributed by atoms with Gasteiger partial charge in [0.25, 0.3) is 0 Å². The fourth-order valence-corrected chi connectivity index (χ4v) is 2.25. The first-order valence-corrected chi connectivity index (χ1v) is 6.13. The summed E-state index contributed by atoms with van der Waals surface area (Å²) >= 11 is 0. The van der Waals surface area contributed by atoms with Crippen LogP contribution in [0.5, 0.6) is 0 Å². The molecule has 0 bridgehead atoms. The first kappa shape index (κ1) is 12.6. The third-order valence-corrected chi connectivity index (χ3v) is 3.24. The Bertz CT molecular complexity index is 456. The van der Waals surface area contributed by atoms with Crippen molar-refractivity contribution in [3.8, 4) is 0 Å². The van der Waals surface area contributed by atoms with E-state index in [1.165, 1.54) is 0 Å². The average molecular weight is 246 g/mol. The van der Waals surface area contributed by atoms with Crippen LogP contribution in [0.25, 0.3) is 0 Å². The van der Waals surface area contributed by atoms with Gasteiger partial charge in [-0.2, -0.15) is 0 Å². The van der Waals surface area contributed by atoms with Crippen molar-refractivity contribution in [2.24, 2.45) is 5.92 Å². The normalized spacial score (nSPS) is 19.8. The first-order valence-electron chi connectivity index (χ1n) is 6.13. The molecule has 1 atom stereocenters. The standard InChI is InChI=1S/C14H18N2O2/c1-10(2)14(18)16-9-12(17)15(3)13(16)11-7-5-4-6-8-11/h4-8,10,13H,9H2,1-3H3/t13-/m0/s1. The van der Waals surface area contributed by atoms with Crippen LogP contribution in [0.1, 0.15) is 25.6 Å². The molecule has 0 saturated carbocycles. The van der Waals surface area contributed by atoms with E-state index >= 15 is 0 Å². The van der Waals surface area contributed by atoms with Crippen LogP contribution in [0.3, 0.4) is 0 Å². The zero-order valence-electron chi connectivity index (χ0n) is 11.0. The number of benzene rings is 1. The molecule has 0 unspecified atom stereocenters. The molecule has 96 valence electrons. The second-order valence-corrected chi connectivity index (χ2v) is 4.91. The topological polar surface area (TPSA) is 40.6 Å². The minimum atomic E-state index is -0.270. The van der Waals surface area contributed by atoms with Gasteiger partial charge in [0.15, 0.2) is 0 Å². The number of amides is 2. The molecular weight excluding hydrogens is 228 g/mol. The SMILES string of the molecule is CC(C)C(=O)N1CC(=O)N(C)[C@@H]1c1ccccc1. The van der Waals surface area contributed by atoms with Gasteiger partial charge in [-0.15, -0.1) is 0 Å². The smallest absolute Gasteiger partial charge is 0.243 e. The van der Waals surface area contributed by atoms with E-state index < -0.39 is 0 Å². The molecule has 1 aromatic rings. The molecular formula is C14H18N2O2. The van der Waals surface area contributed by atoms with Crippen molar-refractivity contribution in [2.75, 3.05) is 13.6 Å². The highest BCUT2D eigenvalue weighted by Gasteiger charge is 2.39. The number of hydrogen-bond acceptors (Lipinski definition) is 2. The lowest BCUT2D eigenvalue weighted by Crippen LogP contribution is -2.36. The largest absolute Gasteiger partial charge is 0.320 e. The van der Waals surface area contributed by atoms with Crippen LogP contribution in [-0.2, 0) is 9.59 Å². The van der Waals surface area contributed by atoms with E-state index in [1.54, 1.807) is 16.8 Å². The van der Waals surface area contributed by atoms with Crippen molar-refractivity contribution in [2.45, 2.75) is 20.0 Å². The van der Waals surface area contributed by atoms with Crippen LogP contribution >= 0.6 is 0 Å². The maximum atomic E-state index is 12.2. The lowest BCUT2D eigenvalue weighted by Gasteiger charge is -2.29. The molecule has 4 nitrogen and oxygen atoms in total. The summed E-state index contributed by atoms with van der Waals surface area (Å²) in [5.41, 5.74) is 0.972. The first-order chi connectivity index (χ1) is 8.52. The zero-order valence-corrected chi connectivity index (χ0v) is 11.0. The van der Waals surface area contributed by atoms with Gasteiger partial charge in [-0.1, -0.05) is 44.2 Å². The van der Waals surface area contributed by atoms with Crippen molar-refractivity contribution in [3.63, 3.8) is 0 Å². The highest BCUT2D eigenvalue weighted by Crippen LogP contribution is 2.30. The Morgan fingerprint density at radius 1 is 1.28 bits per heavy atom. The third-order valence-electron chi connectivity index (χ3n) is 3.24. The molecule has 18 heavy (non-hydrogen) atoms. The van der Waals surface area contributed by atoms with Gasteiger partial charge in [0, 0.05) is 13.0 Å². The van der Waals surface area contributed by atoms with Gasteiger partial charge < -0.3 is 9.80 Å². The maximum Gasteiger partial charge on any atom is 0.243 e. The highest BCUT2D eigenvalue weighted by atomic mass is 16.2. The summed E-state index contributed by atoms with van der Waals surface area (Å²) in [4.78, 5) is 27.3. The summed E-state index contributed by atoms with van der Waals surface area (Å²) in [5.74, 6) is -0.102. The quantitative estimate of drug-likeness (QED) is 0.796. The second kappa shape index (κ2) is 4.80. The van der Waals surface area contributed by atoms with E-state index in [2.05, 4.69) is 0 Å². The summed E-state index contributed by atoms with van der Waals surface area (Å²) in [6.07, 6.45) is -0.270. The van der Waals surface area contributed by atoms with Gasteiger partial charge in [-0.05, 0) is 5.56 Å². The molecule has 1 aromatic carbocycles. The second-order valence-electron chi connectivity index (χ2n) is 4.91. The Hall–Kier alpha value is -1.84. The number of rotatable bonds is 2. The molecule has 0 N–H and O–H groups in total. The van der Waals surface area contributed by atoms with Gasteiger partial charge in [0.2, 0.25) is 11.8 Å². The molecule has 1 fully saturated rings. The Morgan fingerprint density at radius 3 is 2.44 bits per heavy atom. The van der Waals surface area contributed by atoms with Crippen molar-refractivity contribution >= 4 is 11.8 Å². The number of hydrogen-bond donors (Lipinski definition) is 0. The molecule has 1 aliphatic heterocycles. The summed E-state index contributed by atoms with van der Waals surface area (Å²) in [7, 11) is 1.74. The van der Waals surface area contributed by atoms with Crippen LogP contribution in [0, 0.1) is 5.92 Å². The summed E-state index contributed by atoms with van der Waals surface area (Å²) in [5, 5.41) is 0. The summed E-state index contributed by atoms with van der Waals surface area (Å²) < 4.78 is 0. The molecule has 1 saturated heterocycles. The van der Waals surface area contributed by atoms with E-state index in [9.17, 15) is 9.59 Å². The average Bonchev–Trinajstić information content (AvgIpc) is 2.66. The molecule has 1 aliphatic rings. The number of carbonyl (C=O) groups excluding carboxylic acids is 2. The van der Waals surface area contributed by atoms with Gasteiger partial charge in [0.1, 0.15) is 12.7 Å². The monoisotopic (exact) mass is 246 g/mol. The summed E-state index contributed by atoms with van der Waals surface area (Å²) in [6, 6.07) is 9.66. The molecule has 4 heteroatoms. The van der Waals surface area contributed by atoms with Crippen molar-refractivity contribution in [1.82, 2.24) is 9.80 Å². The predicted octanol–water partition coefficient (Wildman–Crippen LogP) is 1.64. The van der Waals surface area contributed by atoms with Gasteiger partial charge in [0.05, 0.1) is 0 Å². The zero-order chi connectivity index (χ0) is 13.3. The van der Waals surface area contributed by atoms with Gasteiger partial charge >= 0.3 is 0 Å². The van der Waals surface area contributed by atoms with Crippen molar-refractivity contribution in [3.05, 3.63) is 35.9 Å². The molecule has 0 aliphatic carbocycles. The highest BCUT2D eigenvalue weighted by molar-refractivity contribution is 5.89. The van der Waals surface area contributed by atoms with E-state index in [4.69, 9.17) is 0 Å². The lowest BCUT2D eigenvalue weighted by atomic mass is 10.1. The fraction of sp³-hybridized carbons (Fsp3) is 0.429. The Morgan fingerprint density at radius 2 is 1.89 bits per heavy atom. The summed E-state index contributed by atoms with van der Waals surface area (Å²) in [6.45, 7) is 3.88. The maximum absolute atomic E-state index is 12.2. The number of carbonyl (C=O) groups is 2. The van der Waals surface area contributed by atoms with Gasteiger partial charge in [-0.25, -0.2) is 0 Å². The minimum Gasteiger partial charge on any atom is -0.320 e. The Kier molecular flexibility index (Phi) is 3.36. The Labute approximate surface area is 107 Å². The molecule has 0 radical (unpaired) electrons. The fourth-order valence-electron chi connectivity index (χ4n) is 2.25. The molecule has 1 heterocycles. The van der Waals surface area contributed by atoms with E-state index in [0.29, 0.717) is 0 Å². The van der Waals surface area contributed by atoms with E-state index in [-0.39, 0.29) is 30.4 Å². The van der Waals surface area contributed by atoms with Gasteiger partial charge in [-0.3, -0.25) is 9.59 Å². The lowest BCUT2D eigenvalue weighted by molar-refractivity contribution is -0.136.